The first-order valence-corrected chi connectivity index (χ1v) is 8.94. The molecule has 1 aromatic carbocycles. The van der Waals surface area contributed by atoms with Gasteiger partial charge in [-0.3, -0.25) is 9.59 Å². The van der Waals surface area contributed by atoms with Crippen molar-refractivity contribution in [1.82, 2.24) is 4.90 Å². The maximum absolute atomic E-state index is 12.5. The summed E-state index contributed by atoms with van der Waals surface area (Å²) in [5.41, 5.74) is 0. The van der Waals surface area contributed by atoms with Crippen molar-refractivity contribution in [3.05, 3.63) is 24.3 Å². The van der Waals surface area contributed by atoms with Crippen molar-refractivity contribution in [3.8, 4) is 11.5 Å². The Morgan fingerprint density at radius 3 is 2.46 bits per heavy atom. The van der Waals surface area contributed by atoms with Gasteiger partial charge in [0.05, 0.1) is 26.2 Å². The van der Waals surface area contributed by atoms with Crippen LogP contribution in [0.2, 0.25) is 0 Å². The minimum atomic E-state index is -0.345. The first-order chi connectivity index (χ1) is 12.6. The first-order valence-electron chi connectivity index (χ1n) is 8.94. The van der Waals surface area contributed by atoms with Crippen LogP contribution in [0, 0.1) is 0 Å². The zero-order chi connectivity index (χ0) is 18.8. The number of benzene rings is 1. The van der Waals surface area contributed by atoms with E-state index in [1.807, 2.05) is 6.92 Å². The van der Waals surface area contributed by atoms with Crippen molar-refractivity contribution in [3.63, 3.8) is 0 Å². The summed E-state index contributed by atoms with van der Waals surface area (Å²) in [6.45, 7) is 3.88. The molecule has 1 aliphatic heterocycles. The zero-order valence-corrected chi connectivity index (χ0v) is 15.4. The summed E-state index contributed by atoms with van der Waals surface area (Å²) < 4.78 is 21.2. The number of amides is 1. The van der Waals surface area contributed by atoms with Crippen LogP contribution in [0.15, 0.2) is 24.3 Å². The highest BCUT2D eigenvalue weighted by Crippen LogP contribution is 2.18. The number of methoxy groups -OCH3 is 1. The number of hydrogen-bond acceptors (Lipinski definition) is 6. The van der Waals surface area contributed by atoms with E-state index in [0.717, 1.165) is 18.6 Å². The van der Waals surface area contributed by atoms with Crippen LogP contribution in [0.3, 0.4) is 0 Å². The molecule has 0 N–H and O–H groups in total. The zero-order valence-electron chi connectivity index (χ0n) is 15.4. The fourth-order valence-electron chi connectivity index (χ4n) is 2.72. The molecule has 1 aromatic rings. The Hall–Kier alpha value is -2.28. The van der Waals surface area contributed by atoms with Gasteiger partial charge in [0.1, 0.15) is 11.5 Å². The fraction of sp³-hybridized carbons (Fsp3) is 0.579. The minimum Gasteiger partial charge on any atom is -0.494 e. The molecule has 0 aromatic heterocycles. The molecule has 0 spiro atoms. The van der Waals surface area contributed by atoms with E-state index in [2.05, 4.69) is 4.74 Å². The highest BCUT2D eigenvalue weighted by molar-refractivity contribution is 5.78. The van der Waals surface area contributed by atoms with Crippen LogP contribution < -0.4 is 9.47 Å². The average Bonchev–Trinajstić information content (AvgIpc) is 3.17. The summed E-state index contributed by atoms with van der Waals surface area (Å²) in [6.07, 6.45) is 2.08. The summed E-state index contributed by atoms with van der Waals surface area (Å²) in [5.74, 6) is 0.817. The Morgan fingerprint density at radius 1 is 1.19 bits per heavy atom. The molecule has 1 heterocycles. The maximum Gasteiger partial charge on any atom is 0.307 e. The lowest BCUT2D eigenvalue weighted by Gasteiger charge is -2.25. The molecule has 1 unspecified atom stereocenters. The van der Waals surface area contributed by atoms with E-state index in [0.29, 0.717) is 25.5 Å². The average molecular weight is 365 g/mol. The van der Waals surface area contributed by atoms with Crippen molar-refractivity contribution < 1.29 is 28.5 Å². The minimum absolute atomic E-state index is 0.0158. The third-order valence-corrected chi connectivity index (χ3v) is 4.11. The standard InChI is InChI=1S/C19H27NO6/c1-3-24-15-6-8-16(9-7-15)26-14-18(21)20(11-10-19(22)23-2)13-17-5-4-12-25-17/h6-9,17H,3-5,10-14H2,1-2H3. The monoisotopic (exact) mass is 365 g/mol. The van der Waals surface area contributed by atoms with E-state index in [9.17, 15) is 9.59 Å². The van der Waals surface area contributed by atoms with Crippen LogP contribution in [0.5, 0.6) is 11.5 Å². The summed E-state index contributed by atoms with van der Waals surface area (Å²) in [4.78, 5) is 25.6. The number of ether oxygens (including phenoxy) is 4. The largest absolute Gasteiger partial charge is 0.494 e. The third kappa shape index (κ3) is 6.55. The Morgan fingerprint density at radius 2 is 1.88 bits per heavy atom. The molecule has 0 bridgehead atoms. The Kier molecular flexibility index (Phi) is 8.21. The Balaban J connectivity index is 1.87. The summed E-state index contributed by atoms with van der Waals surface area (Å²) in [7, 11) is 1.34. The van der Waals surface area contributed by atoms with Gasteiger partial charge < -0.3 is 23.8 Å². The molecular formula is C19H27NO6. The summed E-state index contributed by atoms with van der Waals surface area (Å²) in [5, 5.41) is 0. The van der Waals surface area contributed by atoms with E-state index in [4.69, 9.17) is 14.2 Å². The van der Waals surface area contributed by atoms with Crippen LogP contribution >= 0.6 is 0 Å². The van der Waals surface area contributed by atoms with Gasteiger partial charge in [-0.15, -0.1) is 0 Å². The normalized spacial score (nSPS) is 16.2. The Labute approximate surface area is 154 Å². The summed E-state index contributed by atoms with van der Waals surface area (Å²) in [6, 6.07) is 7.11. The molecule has 7 heteroatoms. The number of carbonyl (C=O) groups is 2. The molecule has 1 aliphatic rings. The van der Waals surface area contributed by atoms with Crippen LogP contribution in [-0.4, -0.2) is 62.9 Å². The highest BCUT2D eigenvalue weighted by Gasteiger charge is 2.23. The molecule has 0 aliphatic carbocycles. The molecule has 1 atom stereocenters. The lowest BCUT2D eigenvalue weighted by atomic mass is 10.2. The first kappa shape index (κ1) is 20.0. The van der Waals surface area contributed by atoms with Crippen LogP contribution in [0.1, 0.15) is 26.2 Å². The van der Waals surface area contributed by atoms with Crippen molar-refractivity contribution >= 4 is 11.9 Å². The van der Waals surface area contributed by atoms with Crippen molar-refractivity contribution in [1.29, 1.82) is 0 Å². The topological polar surface area (TPSA) is 74.3 Å². The SMILES string of the molecule is CCOc1ccc(OCC(=O)N(CCC(=O)OC)CC2CCCO2)cc1. The third-order valence-electron chi connectivity index (χ3n) is 4.11. The van der Waals surface area contributed by atoms with Gasteiger partial charge in [0.25, 0.3) is 5.91 Å². The number of rotatable bonds is 10. The molecule has 1 amide bonds. The van der Waals surface area contributed by atoms with E-state index >= 15 is 0 Å². The number of nitrogens with zero attached hydrogens (tertiary/aromatic N) is 1. The predicted molar refractivity (Wildman–Crippen MR) is 95.3 cm³/mol. The smallest absolute Gasteiger partial charge is 0.307 e. The van der Waals surface area contributed by atoms with Gasteiger partial charge in [-0.2, -0.15) is 0 Å². The second-order valence-electron chi connectivity index (χ2n) is 5.99. The van der Waals surface area contributed by atoms with Gasteiger partial charge in [-0.1, -0.05) is 0 Å². The molecule has 7 nitrogen and oxygen atoms in total. The van der Waals surface area contributed by atoms with E-state index in [1.54, 1.807) is 29.2 Å². The van der Waals surface area contributed by atoms with Gasteiger partial charge in [0, 0.05) is 19.7 Å². The predicted octanol–water partition coefficient (Wildman–Crippen LogP) is 2.03. The number of hydrogen-bond donors (Lipinski definition) is 0. The lowest BCUT2D eigenvalue weighted by molar-refractivity contribution is -0.142. The number of esters is 1. The van der Waals surface area contributed by atoms with Crippen LogP contribution in [0.4, 0.5) is 0 Å². The van der Waals surface area contributed by atoms with E-state index < -0.39 is 0 Å². The van der Waals surface area contributed by atoms with Gasteiger partial charge in [0.2, 0.25) is 0 Å². The summed E-state index contributed by atoms with van der Waals surface area (Å²) >= 11 is 0. The van der Waals surface area contributed by atoms with Gasteiger partial charge in [-0.05, 0) is 44.0 Å². The lowest BCUT2D eigenvalue weighted by Crippen LogP contribution is -2.41. The molecular weight excluding hydrogens is 338 g/mol. The van der Waals surface area contributed by atoms with Gasteiger partial charge in [0.15, 0.2) is 6.61 Å². The van der Waals surface area contributed by atoms with Crippen LogP contribution in [0.25, 0.3) is 0 Å². The van der Waals surface area contributed by atoms with Crippen molar-refractivity contribution in [2.24, 2.45) is 0 Å². The van der Waals surface area contributed by atoms with Crippen molar-refractivity contribution in [2.75, 3.05) is 40.0 Å². The maximum atomic E-state index is 12.5. The van der Waals surface area contributed by atoms with Crippen molar-refractivity contribution in [2.45, 2.75) is 32.3 Å². The van der Waals surface area contributed by atoms with Crippen LogP contribution in [-0.2, 0) is 19.1 Å². The molecule has 144 valence electrons. The van der Waals surface area contributed by atoms with E-state index in [1.165, 1.54) is 7.11 Å². The van der Waals surface area contributed by atoms with E-state index in [-0.39, 0.29) is 37.6 Å². The fourth-order valence-corrected chi connectivity index (χ4v) is 2.72. The molecule has 2 rings (SSSR count). The second kappa shape index (κ2) is 10.7. The van der Waals surface area contributed by atoms with Gasteiger partial charge in [-0.25, -0.2) is 0 Å². The molecule has 0 radical (unpaired) electrons. The quantitative estimate of drug-likeness (QED) is 0.591. The molecule has 0 saturated carbocycles. The molecule has 1 saturated heterocycles. The van der Waals surface area contributed by atoms with Gasteiger partial charge >= 0.3 is 5.97 Å². The highest BCUT2D eigenvalue weighted by atomic mass is 16.5. The molecule has 1 fully saturated rings. The second-order valence-corrected chi connectivity index (χ2v) is 5.99. The Bertz CT molecular complexity index is 568. The molecule has 26 heavy (non-hydrogen) atoms. The number of carbonyl (C=O) groups excluding carboxylic acids is 2.